The van der Waals surface area contributed by atoms with Crippen molar-refractivity contribution in [1.29, 1.82) is 0 Å². The van der Waals surface area contributed by atoms with Crippen LogP contribution < -0.4 is 4.74 Å². The smallest absolute Gasteiger partial charge is 0.122 e. The second-order valence-electron chi connectivity index (χ2n) is 9.95. The third-order valence-corrected chi connectivity index (χ3v) is 8.15. The number of nitrogens with zero attached hydrogens (tertiary/aromatic N) is 2. The molecule has 2 bridgehead atoms. The topological polar surface area (TPSA) is 24.9 Å². The first-order chi connectivity index (χ1) is 14.3. The van der Waals surface area contributed by atoms with E-state index < -0.39 is 0 Å². The SMILES string of the molecule is COc1ccc(CN2CCOCC2)cc1C1CCN(C2C[C@H]3CC[C@H](C2)C3)CC1. The van der Waals surface area contributed by atoms with Gasteiger partial charge in [0, 0.05) is 25.7 Å². The first-order valence-corrected chi connectivity index (χ1v) is 12.0. The predicted octanol–water partition coefficient (Wildman–Crippen LogP) is 4.29. The number of benzene rings is 1. The van der Waals surface area contributed by atoms with Gasteiger partial charge < -0.3 is 14.4 Å². The second-order valence-corrected chi connectivity index (χ2v) is 9.95. The highest BCUT2D eigenvalue weighted by Crippen LogP contribution is 2.45. The van der Waals surface area contributed by atoms with E-state index in [9.17, 15) is 0 Å². The molecule has 0 amide bonds. The Bertz CT molecular complexity index is 667. The van der Waals surface area contributed by atoms with Gasteiger partial charge in [0.2, 0.25) is 0 Å². The molecule has 4 fully saturated rings. The van der Waals surface area contributed by atoms with Crippen LogP contribution in [0.1, 0.15) is 62.0 Å². The van der Waals surface area contributed by atoms with E-state index in [1.807, 2.05) is 7.11 Å². The molecule has 29 heavy (non-hydrogen) atoms. The summed E-state index contributed by atoms with van der Waals surface area (Å²) in [5.74, 6) is 3.80. The third kappa shape index (κ3) is 4.50. The lowest BCUT2D eigenvalue weighted by Gasteiger charge is -2.41. The summed E-state index contributed by atoms with van der Waals surface area (Å²) in [5, 5.41) is 0. The van der Waals surface area contributed by atoms with Gasteiger partial charge in [-0.25, -0.2) is 0 Å². The Morgan fingerprint density at radius 1 is 0.931 bits per heavy atom. The Labute approximate surface area is 176 Å². The maximum Gasteiger partial charge on any atom is 0.122 e. The minimum Gasteiger partial charge on any atom is -0.496 e. The fourth-order valence-electron chi connectivity index (χ4n) is 6.56. The number of hydrogen-bond donors (Lipinski definition) is 0. The molecule has 2 atom stereocenters. The van der Waals surface area contributed by atoms with Gasteiger partial charge in [-0.1, -0.05) is 25.0 Å². The zero-order valence-electron chi connectivity index (χ0n) is 18.2. The maximum atomic E-state index is 5.78. The summed E-state index contributed by atoms with van der Waals surface area (Å²) in [6, 6.07) is 7.77. The van der Waals surface area contributed by atoms with Gasteiger partial charge >= 0.3 is 0 Å². The zero-order valence-corrected chi connectivity index (χ0v) is 18.2. The Hall–Kier alpha value is -1.10. The summed E-state index contributed by atoms with van der Waals surface area (Å²) < 4.78 is 11.3. The van der Waals surface area contributed by atoms with Crippen LogP contribution in [0.3, 0.4) is 0 Å². The molecular weight excluding hydrogens is 360 g/mol. The second kappa shape index (κ2) is 8.95. The highest BCUT2D eigenvalue weighted by Gasteiger charge is 2.37. The number of methoxy groups -OCH3 is 1. The summed E-state index contributed by atoms with van der Waals surface area (Å²) >= 11 is 0. The first-order valence-electron chi connectivity index (χ1n) is 12.0. The molecule has 4 nitrogen and oxygen atoms in total. The summed E-state index contributed by atoms with van der Waals surface area (Å²) in [6.45, 7) is 7.39. The Balaban J connectivity index is 1.22. The number of fused-ring (bicyclic) bond motifs is 2. The molecule has 2 saturated carbocycles. The van der Waals surface area contributed by atoms with Crippen molar-refractivity contribution in [2.45, 2.75) is 63.5 Å². The highest BCUT2D eigenvalue weighted by molar-refractivity contribution is 5.40. The predicted molar refractivity (Wildman–Crippen MR) is 116 cm³/mol. The van der Waals surface area contributed by atoms with Crippen molar-refractivity contribution in [2.75, 3.05) is 46.5 Å². The van der Waals surface area contributed by atoms with Crippen LogP contribution in [0.4, 0.5) is 0 Å². The minimum absolute atomic E-state index is 0.645. The van der Waals surface area contributed by atoms with E-state index in [0.29, 0.717) is 5.92 Å². The number of piperidine rings is 1. The Morgan fingerprint density at radius 2 is 1.66 bits per heavy atom. The van der Waals surface area contributed by atoms with Crippen molar-refractivity contribution in [3.63, 3.8) is 0 Å². The minimum atomic E-state index is 0.645. The highest BCUT2D eigenvalue weighted by atomic mass is 16.5. The average Bonchev–Trinajstić information content (AvgIpc) is 3.12. The van der Waals surface area contributed by atoms with E-state index >= 15 is 0 Å². The van der Waals surface area contributed by atoms with Crippen molar-refractivity contribution in [3.05, 3.63) is 29.3 Å². The van der Waals surface area contributed by atoms with E-state index in [4.69, 9.17) is 9.47 Å². The molecule has 4 heteroatoms. The largest absolute Gasteiger partial charge is 0.496 e. The molecular formula is C25H38N2O2. The van der Waals surface area contributed by atoms with Crippen LogP contribution in [0.5, 0.6) is 5.75 Å². The lowest BCUT2D eigenvalue weighted by molar-refractivity contribution is 0.0341. The molecule has 0 radical (unpaired) electrons. The van der Waals surface area contributed by atoms with Crippen molar-refractivity contribution >= 4 is 0 Å². The summed E-state index contributed by atoms with van der Waals surface area (Å²) in [7, 11) is 1.83. The maximum absolute atomic E-state index is 5.78. The fourth-order valence-corrected chi connectivity index (χ4v) is 6.56. The number of hydrogen-bond acceptors (Lipinski definition) is 4. The summed E-state index contributed by atoms with van der Waals surface area (Å²) in [4.78, 5) is 5.35. The Kier molecular flexibility index (Phi) is 6.12. The molecule has 2 aliphatic carbocycles. The van der Waals surface area contributed by atoms with Crippen LogP contribution in [0.25, 0.3) is 0 Å². The van der Waals surface area contributed by atoms with Crippen LogP contribution >= 0.6 is 0 Å². The molecule has 0 spiro atoms. The number of ether oxygens (including phenoxy) is 2. The normalized spacial score (nSPS) is 31.8. The molecule has 0 N–H and O–H groups in total. The molecule has 1 aromatic carbocycles. The number of likely N-dealkylation sites (tertiary alicyclic amines) is 1. The van der Waals surface area contributed by atoms with Gasteiger partial charge in [0.25, 0.3) is 0 Å². The van der Waals surface area contributed by atoms with Crippen LogP contribution in [0.15, 0.2) is 18.2 Å². The van der Waals surface area contributed by atoms with Gasteiger partial charge in [-0.05, 0) is 80.1 Å². The fraction of sp³-hybridized carbons (Fsp3) is 0.760. The van der Waals surface area contributed by atoms with Gasteiger partial charge in [-0.2, -0.15) is 0 Å². The van der Waals surface area contributed by atoms with Gasteiger partial charge in [0.1, 0.15) is 5.75 Å². The van der Waals surface area contributed by atoms with E-state index in [1.54, 1.807) is 0 Å². The lowest BCUT2D eigenvalue weighted by Crippen LogP contribution is -2.43. The van der Waals surface area contributed by atoms with Crippen molar-refractivity contribution in [1.82, 2.24) is 9.80 Å². The first kappa shape index (κ1) is 19.8. The summed E-state index contributed by atoms with van der Waals surface area (Å²) in [5.41, 5.74) is 2.87. The van der Waals surface area contributed by atoms with Gasteiger partial charge in [-0.3, -0.25) is 4.90 Å². The van der Waals surface area contributed by atoms with E-state index in [-0.39, 0.29) is 0 Å². The molecule has 4 aliphatic rings. The molecule has 2 saturated heterocycles. The summed E-state index contributed by atoms with van der Waals surface area (Å²) in [6.07, 6.45) is 10.0. The molecule has 1 aromatic rings. The van der Waals surface area contributed by atoms with E-state index in [1.165, 1.54) is 69.2 Å². The molecule has 160 valence electrons. The van der Waals surface area contributed by atoms with Crippen LogP contribution in [-0.2, 0) is 11.3 Å². The van der Waals surface area contributed by atoms with Crippen LogP contribution in [0, 0.1) is 11.8 Å². The monoisotopic (exact) mass is 398 g/mol. The number of rotatable bonds is 5. The van der Waals surface area contributed by atoms with Gasteiger partial charge in [0.15, 0.2) is 0 Å². The van der Waals surface area contributed by atoms with E-state index in [0.717, 1.165) is 56.5 Å². The molecule has 0 unspecified atom stereocenters. The van der Waals surface area contributed by atoms with Gasteiger partial charge in [-0.15, -0.1) is 0 Å². The molecule has 0 aromatic heterocycles. The Morgan fingerprint density at radius 3 is 2.34 bits per heavy atom. The number of morpholine rings is 1. The van der Waals surface area contributed by atoms with Crippen LogP contribution in [0.2, 0.25) is 0 Å². The van der Waals surface area contributed by atoms with Crippen LogP contribution in [-0.4, -0.2) is 62.3 Å². The van der Waals surface area contributed by atoms with Crippen molar-refractivity contribution in [3.8, 4) is 5.75 Å². The van der Waals surface area contributed by atoms with Crippen molar-refractivity contribution < 1.29 is 9.47 Å². The molecule has 2 heterocycles. The zero-order chi connectivity index (χ0) is 19.6. The third-order valence-electron chi connectivity index (χ3n) is 8.15. The van der Waals surface area contributed by atoms with Crippen molar-refractivity contribution in [2.24, 2.45) is 11.8 Å². The molecule has 5 rings (SSSR count). The lowest BCUT2D eigenvalue weighted by atomic mass is 9.82. The van der Waals surface area contributed by atoms with E-state index in [2.05, 4.69) is 28.0 Å². The average molecular weight is 399 g/mol. The molecule has 2 aliphatic heterocycles. The van der Waals surface area contributed by atoms with Gasteiger partial charge in [0.05, 0.1) is 20.3 Å². The standard InChI is InChI=1S/C25H38N2O2/c1-28-25-5-4-21(18-26-10-12-29-13-11-26)17-24(25)22-6-8-27(9-7-22)23-15-19-2-3-20(14-19)16-23/h4-5,17,19-20,22-23H,2-3,6-16,18H2,1H3/t19-,20-/m0/s1. The quantitative estimate of drug-likeness (QED) is 0.739.